The number of amides is 1. The number of likely N-dealkylation sites (N-methyl/N-ethyl adjacent to an activating group) is 1. The van der Waals surface area contributed by atoms with Crippen LogP contribution in [0.4, 0.5) is 5.69 Å². The molecule has 4 rings (SSSR count). The lowest BCUT2D eigenvalue weighted by atomic mass is 9.91. The molecule has 3 aliphatic rings. The first-order chi connectivity index (χ1) is 17.9. The Kier molecular flexibility index (Phi) is 9.25. The third-order valence-electron chi connectivity index (χ3n) is 7.26. The predicted octanol–water partition coefficient (Wildman–Crippen LogP) is 4.93. The molecule has 1 saturated heterocycles. The molecule has 0 saturated carbocycles. The molecule has 1 aromatic rings. The SMILES string of the molecule is COC1=C(O)C=C(/C=C/C(=O)Nc2ccccc2COC2=CC=C(CN3CCN(C)CC3)C(C)C2)CC1. The topological polar surface area (TPSA) is 74.3 Å². The third kappa shape index (κ3) is 7.60. The summed E-state index contributed by atoms with van der Waals surface area (Å²) in [6, 6.07) is 7.71. The summed E-state index contributed by atoms with van der Waals surface area (Å²) in [5, 5.41) is 12.9. The van der Waals surface area contributed by atoms with Gasteiger partial charge >= 0.3 is 0 Å². The van der Waals surface area contributed by atoms with Crippen LogP contribution in [0.15, 0.2) is 83.1 Å². The average Bonchev–Trinajstić information content (AvgIpc) is 2.89. The molecule has 0 bridgehead atoms. The van der Waals surface area contributed by atoms with Crippen molar-refractivity contribution in [2.45, 2.75) is 32.8 Å². The maximum Gasteiger partial charge on any atom is 0.248 e. The van der Waals surface area contributed by atoms with E-state index in [9.17, 15) is 9.90 Å². The van der Waals surface area contributed by atoms with Gasteiger partial charge in [0.1, 0.15) is 12.4 Å². The van der Waals surface area contributed by atoms with E-state index in [-0.39, 0.29) is 11.7 Å². The Labute approximate surface area is 220 Å². The minimum absolute atomic E-state index is 0.115. The van der Waals surface area contributed by atoms with E-state index in [2.05, 4.69) is 41.2 Å². The fourth-order valence-corrected chi connectivity index (χ4v) is 4.79. The molecule has 37 heavy (non-hydrogen) atoms. The number of benzene rings is 1. The molecule has 1 amide bonds. The number of allylic oxidation sites excluding steroid dienone is 7. The molecule has 0 aromatic heterocycles. The standard InChI is InChI=1S/C30H39N3O4/c1-22-18-26(11-10-24(22)20-33-16-14-32(2)15-17-33)37-21-25-6-4-5-7-27(25)31-30(35)13-9-23-8-12-29(36-3)28(34)19-23/h4-7,9-11,13,19,22,34H,8,12,14-18,20-21H2,1-3H3,(H,31,35)/b13-9+. The number of carbonyl (C=O) groups excluding carboxylic acids is 1. The van der Waals surface area contributed by atoms with Crippen molar-refractivity contribution in [2.24, 2.45) is 5.92 Å². The summed E-state index contributed by atoms with van der Waals surface area (Å²) >= 11 is 0. The second-order valence-electron chi connectivity index (χ2n) is 10.1. The predicted molar refractivity (Wildman–Crippen MR) is 147 cm³/mol. The highest BCUT2D eigenvalue weighted by Crippen LogP contribution is 2.28. The van der Waals surface area contributed by atoms with E-state index in [1.54, 1.807) is 19.3 Å². The van der Waals surface area contributed by atoms with Gasteiger partial charge in [-0.25, -0.2) is 0 Å². The van der Waals surface area contributed by atoms with Gasteiger partial charge in [0.05, 0.1) is 12.9 Å². The summed E-state index contributed by atoms with van der Waals surface area (Å²) in [6.07, 6.45) is 11.4. The molecule has 1 atom stereocenters. The highest BCUT2D eigenvalue weighted by Gasteiger charge is 2.21. The second kappa shape index (κ2) is 12.8. The molecule has 1 unspecified atom stereocenters. The van der Waals surface area contributed by atoms with Crippen LogP contribution < -0.4 is 5.32 Å². The minimum Gasteiger partial charge on any atom is -0.504 e. The Balaban J connectivity index is 1.31. The first-order valence-electron chi connectivity index (χ1n) is 13.1. The number of anilines is 1. The Bertz CT molecular complexity index is 1120. The van der Waals surface area contributed by atoms with E-state index < -0.39 is 0 Å². The van der Waals surface area contributed by atoms with E-state index in [0.29, 0.717) is 31.1 Å². The van der Waals surface area contributed by atoms with Crippen molar-refractivity contribution in [3.8, 4) is 0 Å². The summed E-state index contributed by atoms with van der Waals surface area (Å²) in [5.74, 6) is 1.88. The molecule has 7 nitrogen and oxygen atoms in total. The highest BCUT2D eigenvalue weighted by molar-refractivity contribution is 6.00. The molecule has 1 heterocycles. The summed E-state index contributed by atoms with van der Waals surface area (Å²) in [4.78, 5) is 17.5. The van der Waals surface area contributed by atoms with Crippen LogP contribution in [0.25, 0.3) is 0 Å². The summed E-state index contributed by atoms with van der Waals surface area (Å²) < 4.78 is 11.3. The molecule has 2 N–H and O–H groups in total. The molecular weight excluding hydrogens is 466 g/mol. The van der Waals surface area contributed by atoms with Gasteiger partial charge in [-0.3, -0.25) is 9.69 Å². The molecule has 0 radical (unpaired) electrons. The number of para-hydroxylation sites is 1. The third-order valence-corrected chi connectivity index (χ3v) is 7.26. The minimum atomic E-state index is -0.226. The summed E-state index contributed by atoms with van der Waals surface area (Å²) in [5.41, 5.74) is 4.00. The molecule has 2 aliphatic carbocycles. The zero-order valence-electron chi connectivity index (χ0n) is 22.2. The van der Waals surface area contributed by atoms with Gasteiger partial charge in [0.15, 0.2) is 5.76 Å². The molecule has 198 valence electrons. The number of piperazine rings is 1. The largest absolute Gasteiger partial charge is 0.504 e. The van der Waals surface area contributed by atoms with Crippen LogP contribution >= 0.6 is 0 Å². The van der Waals surface area contributed by atoms with Crippen molar-refractivity contribution in [2.75, 3.05) is 52.2 Å². The maximum atomic E-state index is 12.6. The second-order valence-corrected chi connectivity index (χ2v) is 10.1. The van der Waals surface area contributed by atoms with Crippen molar-refractivity contribution >= 4 is 11.6 Å². The number of hydrogen-bond donors (Lipinski definition) is 2. The van der Waals surface area contributed by atoms with E-state index in [0.717, 1.165) is 61.7 Å². The quantitative estimate of drug-likeness (QED) is 0.464. The number of rotatable bonds is 9. The van der Waals surface area contributed by atoms with Gasteiger partial charge in [0, 0.05) is 62.9 Å². The smallest absolute Gasteiger partial charge is 0.248 e. The zero-order chi connectivity index (χ0) is 26.2. The van der Waals surface area contributed by atoms with Gasteiger partial charge in [-0.1, -0.05) is 42.8 Å². The van der Waals surface area contributed by atoms with Gasteiger partial charge in [-0.15, -0.1) is 0 Å². The van der Waals surface area contributed by atoms with Crippen molar-refractivity contribution in [1.82, 2.24) is 9.80 Å². The van der Waals surface area contributed by atoms with Gasteiger partial charge in [-0.2, -0.15) is 0 Å². The monoisotopic (exact) mass is 505 g/mol. The number of nitrogens with one attached hydrogen (secondary N) is 1. The average molecular weight is 506 g/mol. The zero-order valence-corrected chi connectivity index (χ0v) is 22.2. The normalized spacial score (nSPS) is 21.4. The van der Waals surface area contributed by atoms with E-state index >= 15 is 0 Å². The molecule has 7 heteroatoms. The number of aliphatic hydroxyl groups is 1. The van der Waals surface area contributed by atoms with Gasteiger partial charge < -0.3 is 24.8 Å². The number of carbonyl (C=O) groups is 1. The van der Waals surface area contributed by atoms with Crippen LogP contribution in [-0.4, -0.2) is 67.7 Å². The van der Waals surface area contributed by atoms with Crippen molar-refractivity contribution in [1.29, 1.82) is 0 Å². The first kappa shape index (κ1) is 26.8. The van der Waals surface area contributed by atoms with Crippen LogP contribution in [0.3, 0.4) is 0 Å². The fourth-order valence-electron chi connectivity index (χ4n) is 4.79. The molecule has 0 spiro atoms. The van der Waals surface area contributed by atoms with Crippen molar-refractivity contribution in [3.05, 3.63) is 88.6 Å². The highest BCUT2D eigenvalue weighted by atomic mass is 16.5. The lowest BCUT2D eigenvalue weighted by molar-refractivity contribution is -0.111. The maximum absolute atomic E-state index is 12.6. The Hall–Kier alpha value is -3.29. The molecule has 1 aromatic carbocycles. The van der Waals surface area contributed by atoms with Gasteiger partial charge in [0.2, 0.25) is 5.91 Å². The number of ether oxygens (including phenoxy) is 2. The van der Waals surface area contributed by atoms with E-state index in [4.69, 9.17) is 9.47 Å². The van der Waals surface area contributed by atoms with Crippen molar-refractivity contribution in [3.63, 3.8) is 0 Å². The van der Waals surface area contributed by atoms with Crippen LogP contribution in [0, 0.1) is 5.92 Å². The fraction of sp³-hybridized carbons (Fsp3) is 0.433. The summed E-state index contributed by atoms with van der Waals surface area (Å²) in [6.45, 7) is 8.20. The van der Waals surface area contributed by atoms with Crippen LogP contribution in [-0.2, 0) is 20.9 Å². The Morgan fingerprint density at radius 2 is 1.95 bits per heavy atom. The summed E-state index contributed by atoms with van der Waals surface area (Å²) in [7, 11) is 3.73. The molecule has 1 fully saturated rings. The number of aliphatic hydroxyl groups excluding tert-OH is 1. The number of hydrogen-bond acceptors (Lipinski definition) is 6. The van der Waals surface area contributed by atoms with Crippen molar-refractivity contribution < 1.29 is 19.4 Å². The van der Waals surface area contributed by atoms with E-state index in [1.807, 2.05) is 24.3 Å². The first-order valence-corrected chi connectivity index (χ1v) is 13.1. The number of nitrogens with zero attached hydrogens (tertiary/aromatic N) is 2. The van der Waals surface area contributed by atoms with Crippen LogP contribution in [0.2, 0.25) is 0 Å². The van der Waals surface area contributed by atoms with E-state index in [1.165, 1.54) is 11.6 Å². The molecule has 1 aliphatic heterocycles. The van der Waals surface area contributed by atoms with Gasteiger partial charge in [0.25, 0.3) is 0 Å². The lowest BCUT2D eigenvalue weighted by Crippen LogP contribution is -2.45. The van der Waals surface area contributed by atoms with Crippen LogP contribution in [0.5, 0.6) is 0 Å². The Morgan fingerprint density at radius 1 is 1.16 bits per heavy atom. The van der Waals surface area contributed by atoms with Gasteiger partial charge in [-0.05, 0) is 43.2 Å². The molecular formula is C30H39N3O4. The number of methoxy groups -OCH3 is 1. The van der Waals surface area contributed by atoms with Crippen LogP contribution in [0.1, 0.15) is 31.7 Å². The lowest BCUT2D eigenvalue weighted by Gasteiger charge is -2.34. The Morgan fingerprint density at radius 3 is 2.68 bits per heavy atom.